The average Bonchev–Trinajstić information content (AvgIpc) is 2.55. The van der Waals surface area contributed by atoms with Crippen molar-refractivity contribution in [1.29, 1.82) is 5.41 Å². The summed E-state index contributed by atoms with van der Waals surface area (Å²) in [5.41, 5.74) is 10.3. The number of anilines is 2. The third-order valence-corrected chi connectivity index (χ3v) is 4.31. The van der Waals surface area contributed by atoms with Gasteiger partial charge in [0.15, 0.2) is 0 Å². The van der Waals surface area contributed by atoms with Gasteiger partial charge in [0.1, 0.15) is 0 Å². The van der Waals surface area contributed by atoms with Gasteiger partial charge in [-0.05, 0) is 44.0 Å². The second kappa shape index (κ2) is 8.13. The van der Waals surface area contributed by atoms with E-state index in [1.807, 2.05) is 31.2 Å². The Balaban J connectivity index is 1.99. The van der Waals surface area contributed by atoms with Gasteiger partial charge in [-0.2, -0.15) is 0 Å². The summed E-state index contributed by atoms with van der Waals surface area (Å²) < 4.78 is 5.39. The summed E-state index contributed by atoms with van der Waals surface area (Å²) in [6.07, 6.45) is 1.95. The predicted octanol–water partition coefficient (Wildman–Crippen LogP) is 2.84. The molecule has 0 amide bonds. The SMILES string of the molecule is C/C=C(/C(C)=N)c1ccc(NCC(C)N2CCOCC2)c(N)c1. The number of nitrogens with zero attached hydrogens (tertiary/aromatic N) is 1. The molecule has 0 saturated carbocycles. The Morgan fingerprint density at radius 2 is 2.13 bits per heavy atom. The number of rotatable bonds is 6. The molecular formula is C18H28N4O. The average molecular weight is 316 g/mol. The fourth-order valence-corrected chi connectivity index (χ4v) is 2.90. The van der Waals surface area contributed by atoms with E-state index in [0.717, 1.165) is 55.4 Å². The Bertz CT molecular complexity index is 576. The van der Waals surface area contributed by atoms with Crippen molar-refractivity contribution in [3.05, 3.63) is 29.8 Å². The van der Waals surface area contributed by atoms with Gasteiger partial charge in [0.05, 0.1) is 24.6 Å². The molecule has 4 N–H and O–H groups in total. The van der Waals surface area contributed by atoms with Crippen LogP contribution in [0.2, 0.25) is 0 Å². The van der Waals surface area contributed by atoms with Gasteiger partial charge in [0.2, 0.25) is 0 Å². The summed E-state index contributed by atoms with van der Waals surface area (Å²) >= 11 is 0. The smallest absolute Gasteiger partial charge is 0.0594 e. The number of nitrogens with one attached hydrogen (secondary N) is 2. The molecule has 1 atom stereocenters. The molecule has 126 valence electrons. The first-order valence-electron chi connectivity index (χ1n) is 8.20. The fourth-order valence-electron chi connectivity index (χ4n) is 2.90. The molecule has 1 saturated heterocycles. The number of hydrogen-bond acceptors (Lipinski definition) is 5. The summed E-state index contributed by atoms with van der Waals surface area (Å²) in [6, 6.07) is 6.40. The molecule has 1 aliphatic heterocycles. The zero-order valence-corrected chi connectivity index (χ0v) is 14.4. The zero-order chi connectivity index (χ0) is 16.8. The summed E-state index contributed by atoms with van der Waals surface area (Å²) in [6.45, 7) is 10.4. The first-order chi connectivity index (χ1) is 11.0. The second-order valence-electron chi connectivity index (χ2n) is 6.01. The minimum absolute atomic E-state index is 0.438. The molecule has 1 fully saturated rings. The molecular weight excluding hydrogens is 288 g/mol. The molecule has 5 nitrogen and oxygen atoms in total. The number of nitrogen functional groups attached to an aromatic ring is 1. The summed E-state index contributed by atoms with van der Waals surface area (Å²) in [5, 5.41) is 11.3. The lowest BCUT2D eigenvalue weighted by Gasteiger charge is -2.32. The lowest BCUT2D eigenvalue weighted by molar-refractivity contribution is 0.0227. The molecule has 0 aromatic heterocycles. The van der Waals surface area contributed by atoms with Gasteiger partial charge in [-0.1, -0.05) is 12.1 Å². The van der Waals surface area contributed by atoms with Crippen LogP contribution >= 0.6 is 0 Å². The molecule has 0 spiro atoms. The quantitative estimate of drug-likeness (QED) is 0.557. The summed E-state index contributed by atoms with van der Waals surface area (Å²) in [4.78, 5) is 2.43. The molecule has 1 heterocycles. The van der Waals surface area contributed by atoms with E-state index in [1.165, 1.54) is 0 Å². The Hall–Kier alpha value is -1.85. The molecule has 1 aromatic rings. The van der Waals surface area contributed by atoms with Crippen molar-refractivity contribution in [2.75, 3.05) is 43.9 Å². The Labute approximate surface area is 139 Å². The van der Waals surface area contributed by atoms with E-state index in [-0.39, 0.29) is 0 Å². The molecule has 1 aromatic carbocycles. The van der Waals surface area contributed by atoms with Crippen LogP contribution in [0.4, 0.5) is 11.4 Å². The van der Waals surface area contributed by atoms with E-state index >= 15 is 0 Å². The fraction of sp³-hybridized carbons (Fsp3) is 0.500. The Morgan fingerprint density at radius 3 is 2.70 bits per heavy atom. The molecule has 23 heavy (non-hydrogen) atoms. The van der Waals surface area contributed by atoms with Crippen LogP contribution in [0.1, 0.15) is 26.3 Å². The number of hydrogen-bond donors (Lipinski definition) is 3. The third kappa shape index (κ3) is 4.56. The number of allylic oxidation sites excluding steroid dienone is 2. The molecule has 2 rings (SSSR count). The van der Waals surface area contributed by atoms with Gasteiger partial charge in [-0.25, -0.2) is 0 Å². The molecule has 1 aliphatic rings. The van der Waals surface area contributed by atoms with Crippen molar-refractivity contribution in [2.45, 2.75) is 26.8 Å². The molecule has 0 bridgehead atoms. The topological polar surface area (TPSA) is 74.4 Å². The first-order valence-corrected chi connectivity index (χ1v) is 8.20. The van der Waals surface area contributed by atoms with Crippen molar-refractivity contribution in [3.8, 4) is 0 Å². The van der Waals surface area contributed by atoms with Crippen molar-refractivity contribution in [2.24, 2.45) is 0 Å². The van der Waals surface area contributed by atoms with Crippen molar-refractivity contribution in [1.82, 2.24) is 4.90 Å². The van der Waals surface area contributed by atoms with Crippen LogP contribution < -0.4 is 11.1 Å². The monoisotopic (exact) mass is 316 g/mol. The number of nitrogens with two attached hydrogens (primary N) is 1. The van der Waals surface area contributed by atoms with Gasteiger partial charge in [-0.15, -0.1) is 0 Å². The van der Waals surface area contributed by atoms with Crippen molar-refractivity contribution >= 4 is 22.7 Å². The lowest BCUT2D eigenvalue weighted by Crippen LogP contribution is -2.45. The highest BCUT2D eigenvalue weighted by atomic mass is 16.5. The molecule has 1 unspecified atom stereocenters. The van der Waals surface area contributed by atoms with Crippen LogP contribution in [-0.4, -0.2) is 49.5 Å². The summed E-state index contributed by atoms with van der Waals surface area (Å²) in [7, 11) is 0. The predicted molar refractivity (Wildman–Crippen MR) is 98.2 cm³/mol. The number of ether oxygens (including phenoxy) is 1. The van der Waals surface area contributed by atoms with Crippen molar-refractivity contribution < 1.29 is 4.74 Å². The second-order valence-corrected chi connectivity index (χ2v) is 6.01. The highest BCUT2D eigenvalue weighted by Crippen LogP contribution is 2.25. The van der Waals surface area contributed by atoms with Gasteiger partial charge >= 0.3 is 0 Å². The van der Waals surface area contributed by atoms with Crippen molar-refractivity contribution in [3.63, 3.8) is 0 Å². The van der Waals surface area contributed by atoms with Crippen LogP contribution in [0.5, 0.6) is 0 Å². The Morgan fingerprint density at radius 1 is 1.43 bits per heavy atom. The van der Waals surface area contributed by atoms with E-state index in [2.05, 4.69) is 17.1 Å². The van der Waals surface area contributed by atoms with Gasteiger partial charge < -0.3 is 21.2 Å². The van der Waals surface area contributed by atoms with Crippen LogP contribution in [-0.2, 0) is 4.74 Å². The first kappa shape index (κ1) is 17.5. The lowest BCUT2D eigenvalue weighted by atomic mass is 10.0. The zero-order valence-electron chi connectivity index (χ0n) is 14.4. The number of benzene rings is 1. The normalized spacial score (nSPS) is 17.8. The maximum absolute atomic E-state index is 7.82. The maximum Gasteiger partial charge on any atom is 0.0594 e. The minimum Gasteiger partial charge on any atom is -0.397 e. The van der Waals surface area contributed by atoms with E-state index in [4.69, 9.17) is 15.9 Å². The minimum atomic E-state index is 0.438. The highest BCUT2D eigenvalue weighted by molar-refractivity contribution is 6.21. The van der Waals surface area contributed by atoms with Crippen LogP contribution in [0.15, 0.2) is 24.3 Å². The molecule has 5 heteroatoms. The Kier molecular flexibility index (Phi) is 6.19. The highest BCUT2D eigenvalue weighted by Gasteiger charge is 2.17. The third-order valence-electron chi connectivity index (χ3n) is 4.31. The van der Waals surface area contributed by atoms with Crippen LogP contribution in [0.3, 0.4) is 0 Å². The molecule has 0 radical (unpaired) electrons. The van der Waals surface area contributed by atoms with Gasteiger partial charge in [0, 0.05) is 31.4 Å². The largest absolute Gasteiger partial charge is 0.397 e. The van der Waals surface area contributed by atoms with E-state index in [9.17, 15) is 0 Å². The molecule has 0 aliphatic carbocycles. The van der Waals surface area contributed by atoms with Gasteiger partial charge in [-0.3, -0.25) is 4.90 Å². The van der Waals surface area contributed by atoms with Gasteiger partial charge in [0.25, 0.3) is 0 Å². The van der Waals surface area contributed by atoms with E-state index in [0.29, 0.717) is 11.8 Å². The van der Waals surface area contributed by atoms with Crippen LogP contribution in [0.25, 0.3) is 5.57 Å². The number of morpholine rings is 1. The standard InChI is InChI=1S/C18H28N4O/c1-4-16(14(3)19)15-5-6-18(17(20)11-15)21-12-13(2)22-7-9-23-10-8-22/h4-6,11,13,19,21H,7-10,12,20H2,1-3H3/b16-4-,19-14?. The summed E-state index contributed by atoms with van der Waals surface area (Å²) in [5.74, 6) is 0. The van der Waals surface area contributed by atoms with Crippen LogP contribution in [0, 0.1) is 5.41 Å². The van der Waals surface area contributed by atoms with E-state index in [1.54, 1.807) is 6.92 Å². The maximum atomic E-state index is 7.82. The van der Waals surface area contributed by atoms with E-state index < -0.39 is 0 Å².